The second kappa shape index (κ2) is 8.75. The van der Waals surface area contributed by atoms with Crippen LogP contribution in [0.5, 0.6) is 0 Å². The van der Waals surface area contributed by atoms with Gasteiger partial charge in [-0.2, -0.15) is 4.31 Å². The lowest BCUT2D eigenvalue weighted by molar-refractivity contribution is -0.384. The summed E-state index contributed by atoms with van der Waals surface area (Å²) in [5.41, 5.74) is 2.26. The van der Waals surface area contributed by atoms with Gasteiger partial charge in [0.05, 0.1) is 9.82 Å². The van der Waals surface area contributed by atoms with Crippen molar-refractivity contribution < 1.29 is 13.3 Å². The first kappa shape index (κ1) is 20.1. The molecular weight excluding hydrogens is 328 g/mol. The van der Waals surface area contributed by atoms with E-state index in [0.29, 0.717) is 0 Å². The zero-order valence-electron chi connectivity index (χ0n) is 14.5. The number of nitro groups is 1. The molecule has 7 heteroatoms. The second-order valence-electron chi connectivity index (χ2n) is 5.91. The molecule has 0 saturated heterocycles. The van der Waals surface area contributed by atoms with Crippen LogP contribution in [-0.2, 0) is 10.0 Å². The van der Waals surface area contributed by atoms with E-state index in [4.69, 9.17) is 0 Å². The molecule has 0 atom stereocenters. The number of nitrogens with zero attached hydrogens (tertiary/aromatic N) is 2. The summed E-state index contributed by atoms with van der Waals surface area (Å²) in [7, 11) is -2.16. The van der Waals surface area contributed by atoms with Crippen molar-refractivity contribution in [2.45, 2.75) is 38.5 Å². The van der Waals surface area contributed by atoms with Crippen LogP contribution in [0.1, 0.15) is 33.6 Å². The van der Waals surface area contributed by atoms with E-state index in [1.165, 1.54) is 41.2 Å². The van der Waals surface area contributed by atoms with Crippen LogP contribution < -0.4 is 0 Å². The first-order valence-electron chi connectivity index (χ1n) is 7.64. The number of non-ortho nitro benzene ring substituents is 1. The van der Waals surface area contributed by atoms with Gasteiger partial charge in [0.1, 0.15) is 0 Å². The third-order valence-electron chi connectivity index (χ3n) is 3.54. The van der Waals surface area contributed by atoms with Gasteiger partial charge in [-0.1, -0.05) is 23.3 Å². The summed E-state index contributed by atoms with van der Waals surface area (Å²) in [6.45, 7) is 6.33. The highest BCUT2D eigenvalue weighted by Crippen LogP contribution is 2.19. The zero-order valence-corrected chi connectivity index (χ0v) is 15.3. The monoisotopic (exact) mass is 352 g/mol. The molecule has 1 aromatic carbocycles. The number of likely N-dealkylation sites (N-methyl/N-ethyl adjacent to an activating group) is 1. The highest BCUT2D eigenvalue weighted by molar-refractivity contribution is 7.89. The Balaban J connectivity index is 2.76. The van der Waals surface area contributed by atoms with Gasteiger partial charge in [-0.15, -0.1) is 0 Å². The second-order valence-corrected chi connectivity index (χ2v) is 7.95. The van der Waals surface area contributed by atoms with E-state index in [2.05, 4.69) is 6.08 Å². The van der Waals surface area contributed by atoms with E-state index in [1.54, 1.807) is 0 Å². The molecule has 0 N–H and O–H groups in total. The van der Waals surface area contributed by atoms with Crippen LogP contribution in [0.4, 0.5) is 5.69 Å². The molecule has 0 aromatic heterocycles. The van der Waals surface area contributed by atoms with E-state index < -0.39 is 14.9 Å². The van der Waals surface area contributed by atoms with Gasteiger partial charge >= 0.3 is 0 Å². The Labute approximate surface area is 143 Å². The minimum atomic E-state index is -3.66. The molecule has 1 rings (SSSR count). The van der Waals surface area contributed by atoms with E-state index >= 15 is 0 Å². The smallest absolute Gasteiger partial charge is 0.258 e. The Morgan fingerprint density at radius 1 is 1.17 bits per heavy atom. The SMILES string of the molecule is CC(C)=CCC/C(C)=C/CN(C)S(=O)(=O)c1ccc([N+](=O)[O-])cc1. The molecule has 0 aliphatic carbocycles. The van der Waals surface area contributed by atoms with Crippen LogP contribution in [0.2, 0.25) is 0 Å². The minimum absolute atomic E-state index is 0.0474. The Hall–Kier alpha value is -1.99. The van der Waals surface area contributed by atoms with Crippen LogP contribution in [0.25, 0.3) is 0 Å². The summed E-state index contributed by atoms with van der Waals surface area (Å²) in [5.74, 6) is 0. The van der Waals surface area contributed by atoms with Crippen molar-refractivity contribution in [3.8, 4) is 0 Å². The molecule has 0 bridgehead atoms. The summed E-state index contributed by atoms with van der Waals surface area (Å²) in [4.78, 5) is 10.1. The number of allylic oxidation sites excluding steroid dienone is 3. The van der Waals surface area contributed by atoms with Crippen LogP contribution >= 0.6 is 0 Å². The Morgan fingerprint density at radius 2 is 1.75 bits per heavy atom. The number of nitro benzene ring substituents is 1. The van der Waals surface area contributed by atoms with Crippen LogP contribution in [0.15, 0.2) is 52.5 Å². The number of hydrogen-bond acceptors (Lipinski definition) is 4. The van der Waals surface area contributed by atoms with Gasteiger partial charge < -0.3 is 0 Å². The largest absolute Gasteiger partial charge is 0.269 e. The summed E-state index contributed by atoms with van der Waals surface area (Å²) >= 11 is 0. The van der Waals surface area contributed by atoms with Crippen molar-refractivity contribution in [3.05, 3.63) is 57.7 Å². The fourth-order valence-corrected chi connectivity index (χ4v) is 3.10. The van der Waals surface area contributed by atoms with Crippen molar-refractivity contribution in [2.75, 3.05) is 13.6 Å². The average Bonchev–Trinajstić information content (AvgIpc) is 2.52. The maximum Gasteiger partial charge on any atom is 0.269 e. The highest BCUT2D eigenvalue weighted by Gasteiger charge is 2.20. The number of benzene rings is 1. The lowest BCUT2D eigenvalue weighted by atomic mass is 10.1. The van der Waals surface area contributed by atoms with Crippen LogP contribution in [0, 0.1) is 10.1 Å². The molecule has 1 aromatic rings. The van der Waals surface area contributed by atoms with Gasteiger partial charge in [0.25, 0.3) is 5.69 Å². The van der Waals surface area contributed by atoms with Crippen molar-refractivity contribution in [1.82, 2.24) is 4.31 Å². The standard InChI is InChI=1S/C17H24N2O4S/c1-14(2)6-5-7-15(3)12-13-18(4)24(22,23)17-10-8-16(9-11-17)19(20)21/h6,8-12H,5,7,13H2,1-4H3/b15-12+. The Kier molecular flexibility index (Phi) is 7.31. The van der Waals surface area contributed by atoms with Gasteiger partial charge in [-0.25, -0.2) is 8.42 Å². The van der Waals surface area contributed by atoms with Crippen molar-refractivity contribution in [1.29, 1.82) is 0 Å². The third kappa shape index (κ3) is 5.90. The van der Waals surface area contributed by atoms with E-state index in [0.717, 1.165) is 18.4 Å². The number of rotatable bonds is 8. The van der Waals surface area contributed by atoms with E-state index in [1.807, 2.05) is 26.8 Å². The zero-order chi connectivity index (χ0) is 18.3. The van der Waals surface area contributed by atoms with E-state index in [-0.39, 0.29) is 17.1 Å². The summed E-state index contributed by atoms with van der Waals surface area (Å²) in [5, 5.41) is 10.6. The molecule has 0 spiro atoms. The predicted octanol–water partition coefficient (Wildman–Crippen LogP) is 3.91. The van der Waals surface area contributed by atoms with Gasteiger partial charge in [0.15, 0.2) is 0 Å². The molecule has 0 amide bonds. The van der Waals surface area contributed by atoms with Crippen LogP contribution in [0.3, 0.4) is 0 Å². The van der Waals surface area contributed by atoms with E-state index in [9.17, 15) is 18.5 Å². The Morgan fingerprint density at radius 3 is 2.25 bits per heavy atom. The topological polar surface area (TPSA) is 80.5 Å². The van der Waals surface area contributed by atoms with Crippen molar-refractivity contribution in [2.24, 2.45) is 0 Å². The molecule has 0 fully saturated rings. The first-order valence-corrected chi connectivity index (χ1v) is 9.08. The Bertz CT molecular complexity index is 730. The van der Waals surface area contributed by atoms with Crippen molar-refractivity contribution >= 4 is 15.7 Å². The van der Waals surface area contributed by atoms with Crippen LogP contribution in [-0.4, -0.2) is 31.2 Å². The molecule has 24 heavy (non-hydrogen) atoms. The third-order valence-corrected chi connectivity index (χ3v) is 5.38. The summed E-state index contributed by atoms with van der Waals surface area (Å²) < 4.78 is 26.1. The highest BCUT2D eigenvalue weighted by atomic mass is 32.2. The molecule has 0 aliphatic rings. The predicted molar refractivity (Wildman–Crippen MR) is 95.3 cm³/mol. The molecule has 0 radical (unpaired) electrons. The maximum atomic E-state index is 12.4. The van der Waals surface area contributed by atoms with Gasteiger partial charge in [-0.3, -0.25) is 10.1 Å². The quantitative estimate of drug-likeness (QED) is 0.403. The molecule has 132 valence electrons. The molecule has 0 heterocycles. The molecule has 0 unspecified atom stereocenters. The van der Waals surface area contributed by atoms with Crippen molar-refractivity contribution in [3.63, 3.8) is 0 Å². The maximum absolute atomic E-state index is 12.4. The summed E-state index contributed by atoms with van der Waals surface area (Å²) in [6.07, 6.45) is 5.86. The lowest BCUT2D eigenvalue weighted by Gasteiger charge is -2.15. The molecule has 0 saturated carbocycles. The molecule has 6 nitrogen and oxygen atoms in total. The lowest BCUT2D eigenvalue weighted by Crippen LogP contribution is -2.27. The number of hydrogen-bond donors (Lipinski definition) is 0. The normalized spacial score (nSPS) is 12.3. The fourth-order valence-electron chi connectivity index (χ4n) is 1.99. The van der Waals surface area contributed by atoms with Gasteiger partial charge in [0.2, 0.25) is 10.0 Å². The average molecular weight is 352 g/mol. The molecule has 0 aliphatic heterocycles. The first-order chi connectivity index (χ1) is 11.1. The number of sulfonamides is 1. The van der Waals surface area contributed by atoms with Gasteiger partial charge in [0, 0.05) is 25.7 Å². The molecular formula is C17H24N2O4S. The minimum Gasteiger partial charge on any atom is -0.258 e. The van der Waals surface area contributed by atoms with Gasteiger partial charge in [-0.05, 0) is 45.7 Å². The summed E-state index contributed by atoms with van der Waals surface area (Å²) in [6, 6.07) is 4.91. The fraction of sp³-hybridized carbons (Fsp3) is 0.412.